The summed E-state index contributed by atoms with van der Waals surface area (Å²) in [5.74, 6) is 1.08. The van der Waals surface area contributed by atoms with Crippen LogP contribution in [0.4, 0.5) is 0 Å². The number of ether oxygens (including phenoxy) is 2. The van der Waals surface area contributed by atoms with E-state index in [0.717, 1.165) is 5.75 Å². The minimum atomic E-state index is -0.110. The van der Waals surface area contributed by atoms with Crippen molar-refractivity contribution in [3.8, 4) is 11.5 Å². The zero-order valence-electron chi connectivity index (χ0n) is 12.3. The lowest BCUT2D eigenvalue weighted by atomic mass is 10.1. The maximum Gasteiger partial charge on any atom is 0.156 e. The molecule has 1 N–H and O–H groups in total. The number of aldehydes is 1. The first-order chi connectivity index (χ1) is 10.6. The highest BCUT2D eigenvalue weighted by Gasteiger charge is 2.18. The molecule has 2 aromatic rings. The molecule has 0 radical (unpaired) electrons. The van der Waals surface area contributed by atoms with E-state index < -0.39 is 0 Å². The predicted molar refractivity (Wildman–Crippen MR) is 87.6 cm³/mol. The van der Waals surface area contributed by atoms with Crippen LogP contribution in [-0.4, -0.2) is 42.5 Å². The summed E-state index contributed by atoms with van der Waals surface area (Å²) in [5, 5.41) is 11.5. The number of carbonyl (C=O) groups excluding carboxylic acids is 1. The molecule has 1 heterocycles. The number of hydrogen-bond acceptors (Lipinski definition) is 6. The van der Waals surface area contributed by atoms with Crippen molar-refractivity contribution in [1.82, 2.24) is 4.98 Å². The van der Waals surface area contributed by atoms with Gasteiger partial charge >= 0.3 is 0 Å². The third-order valence-electron chi connectivity index (χ3n) is 2.98. The Labute approximate surface area is 137 Å². The largest absolute Gasteiger partial charge is 0.506 e. The minimum absolute atomic E-state index is 0.110. The van der Waals surface area contributed by atoms with Crippen molar-refractivity contribution < 1.29 is 19.4 Å². The normalized spacial score (nSPS) is 10.9. The van der Waals surface area contributed by atoms with Gasteiger partial charge in [0.2, 0.25) is 0 Å². The first-order valence-corrected chi connectivity index (χ1v) is 8.05. The summed E-state index contributed by atoms with van der Waals surface area (Å²) >= 11 is 7.69. The Morgan fingerprint density at radius 2 is 2.18 bits per heavy atom. The molecule has 2 rings (SSSR count). The monoisotopic (exact) mass is 341 g/mol. The van der Waals surface area contributed by atoms with Crippen LogP contribution in [0.2, 0.25) is 5.02 Å². The summed E-state index contributed by atoms with van der Waals surface area (Å²) in [7, 11) is 1.58. The molecule has 0 fully saturated rings. The van der Waals surface area contributed by atoms with Crippen LogP contribution in [0.25, 0.3) is 10.9 Å². The number of pyridine rings is 1. The lowest BCUT2D eigenvalue weighted by molar-refractivity contribution is 0.111. The molecule has 0 aliphatic carbocycles. The Balaban J connectivity index is 2.55. The average Bonchev–Trinajstić information content (AvgIpc) is 2.51. The molecule has 118 valence electrons. The van der Waals surface area contributed by atoms with E-state index >= 15 is 0 Å². The summed E-state index contributed by atoms with van der Waals surface area (Å²) in [5.41, 5.74) is 0.596. The maximum absolute atomic E-state index is 11.2. The number of nitrogens with zero attached hydrogens (tertiary/aromatic N) is 1. The maximum atomic E-state index is 11.2. The third kappa shape index (κ3) is 3.29. The first kappa shape index (κ1) is 16.9. The molecular weight excluding hydrogens is 326 g/mol. The van der Waals surface area contributed by atoms with Crippen LogP contribution in [0.1, 0.15) is 17.3 Å². The lowest BCUT2D eigenvalue weighted by Gasteiger charge is -2.12. The van der Waals surface area contributed by atoms with E-state index in [1.165, 1.54) is 11.8 Å². The number of hydrogen-bond donors (Lipinski definition) is 1. The summed E-state index contributed by atoms with van der Waals surface area (Å²) < 4.78 is 10.5. The molecule has 0 saturated carbocycles. The second-order valence-electron chi connectivity index (χ2n) is 4.35. The standard InChI is InChI=1S/C15H16ClNO4S/c1-3-22-15-10(8-18)14(19)9-4-5-11(21-7-6-20-2)12(16)13(9)17-15/h4-5,8H,3,6-7H2,1-2H3,(H,17,19). The number of aromatic hydroxyl groups is 1. The summed E-state index contributed by atoms with van der Waals surface area (Å²) in [4.78, 5) is 15.6. The minimum Gasteiger partial charge on any atom is -0.506 e. The fraction of sp³-hybridized carbons (Fsp3) is 0.333. The van der Waals surface area contributed by atoms with Gasteiger partial charge in [-0.2, -0.15) is 0 Å². The highest BCUT2D eigenvalue weighted by atomic mass is 35.5. The van der Waals surface area contributed by atoms with Crippen molar-refractivity contribution >= 4 is 40.6 Å². The highest BCUT2D eigenvalue weighted by Crippen LogP contribution is 2.39. The van der Waals surface area contributed by atoms with Crippen molar-refractivity contribution in [2.75, 3.05) is 26.1 Å². The smallest absolute Gasteiger partial charge is 0.156 e. The van der Waals surface area contributed by atoms with E-state index in [9.17, 15) is 9.90 Å². The second-order valence-corrected chi connectivity index (χ2v) is 5.98. The number of carbonyl (C=O) groups is 1. The lowest BCUT2D eigenvalue weighted by Crippen LogP contribution is -2.05. The average molecular weight is 342 g/mol. The van der Waals surface area contributed by atoms with Gasteiger partial charge in [-0.25, -0.2) is 4.98 Å². The van der Waals surface area contributed by atoms with Gasteiger partial charge in [0.1, 0.15) is 28.2 Å². The molecule has 0 saturated heterocycles. The molecule has 0 amide bonds. The zero-order chi connectivity index (χ0) is 16.1. The van der Waals surface area contributed by atoms with E-state index in [-0.39, 0.29) is 11.3 Å². The Morgan fingerprint density at radius 1 is 1.41 bits per heavy atom. The Hall–Kier alpha value is -1.50. The van der Waals surface area contributed by atoms with Gasteiger partial charge in [0, 0.05) is 12.5 Å². The van der Waals surface area contributed by atoms with Crippen molar-refractivity contribution in [3.63, 3.8) is 0 Å². The van der Waals surface area contributed by atoms with Crippen molar-refractivity contribution in [2.24, 2.45) is 0 Å². The zero-order valence-corrected chi connectivity index (χ0v) is 13.8. The quantitative estimate of drug-likeness (QED) is 0.472. The van der Waals surface area contributed by atoms with E-state index in [2.05, 4.69) is 4.98 Å². The number of benzene rings is 1. The number of fused-ring (bicyclic) bond motifs is 1. The third-order valence-corrected chi connectivity index (χ3v) is 4.22. The number of aromatic nitrogens is 1. The topological polar surface area (TPSA) is 68.7 Å². The van der Waals surface area contributed by atoms with Crippen LogP contribution < -0.4 is 4.74 Å². The Morgan fingerprint density at radius 3 is 2.82 bits per heavy atom. The molecule has 0 bridgehead atoms. The highest BCUT2D eigenvalue weighted by molar-refractivity contribution is 7.99. The predicted octanol–water partition coefficient (Wildman–Crippen LogP) is 3.54. The van der Waals surface area contributed by atoms with Gasteiger partial charge in [-0.3, -0.25) is 4.79 Å². The number of halogens is 1. The van der Waals surface area contributed by atoms with Crippen molar-refractivity contribution in [1.29, 1.82) is 0 Å². The van der Waals surface area contributed by atoms with Crippen LogP contribution in [0.15, 0.2) is 17.2 Å². The Bertz CT molecular complexity index is 693. The van der Waals surface area contributed by atoms with Crippen LogP contribution in [0.5, 0.6) is 11.5 Å². The number of rotatable bonds is 7. The molecule has 0 aliphatic rings. The van der Waals surface area contributed by atoms with Gasteiger partial charge < -0.3 is 14.6 Å². The molecule has 1 aromatic carbocycles. The van der Waals surface area contributed by atoms with Crippen LogP contribution in [0.3, 0.4) is 0 Å². The van der Waals surface area contributed by atoms with E-state index in [4.69, 9.17) is 21.1 Å². The van der Waals surface area contributed by atoms with E-state index in [1.54, 1.807) is 19.2 Å². The fourth-order valence-corrected chi connectivity index (χ4v) is 2.95. The molecule has 5 nitrogen and oxygen atoms in total. The molecule has 0 unspecified atom stereocenters. The van der Waals surface area contributed by atoms with E-state index in [1.807, 2.05) is 6.92 Å². The van der Waals surface area contributed by atoms with Gasteiger partial charge in [0.25, 0.3) is 0 Å². The molecule has 7 heteroatoms. The molecule has 0 spiro atoms. The number of thioether (sulfide) groups is 1. The molecular formula is C15H16ClNO4S. The number of methoxy groups -OCH3 is 1. The van der Waals surface area contributed by atoms with Crippen molar-refractivity contribution in [3.05, 3.63) is 22.7 Å². The van der Waals surface area contributed by atoms with Gasteiger partial charge in [-0.05, 0) is 17.9 Å². The fourth-order valence-electron chi connectivity index (χ4n) is 1.95. The van der Waals surface area contributed by atoms with Gasteiger partial charge in [0.15, 0.2) is 6.29 Å². The SMILES string of the molecule is CCSc1nc2c(Cl)c(OCCOC)ccc2c(O)c1C=O. The van der Waals surface area contributed by atoms with Crippen LogP contribution in [-0.2, 0) is 4.74 Å². The summed E-state index contributed by atoms with van der Waals surface area (Å²) in [6.45, 7) is 2.73. The van der Waals surface area contributed by atoms with Gasteiger partial charge in [-0.1, -0.05) is 18.5 Å². The second kappa shape index (κ2) is 7.67. The first-order valence-electron chi connectivity index (χ1n) is 6.68. The molecule has 0 aliphatic heterocycles. The van der Waals surface area contributed by atoms with E-state index in [0.29, 0.717) is 46.2 Å². The van der Waals surface area contributed by atoms with Gasteiger partial charge in [0.05, 0.1) is 17.7 Å². The molecule has 22 heavy (non-hydrogen) atoms. The van der Waals surface area contributed by atoms with Crippen LogP contribution >= 0.6 is 23.4 Å². The van der Waals surface area contributed by atoms with Crippen molar-refractivity contribution in [2.45, 2.75) is 11.9 Å². The summed E-state index contributed by atoms with van der Waals surface area (Å²) in [6.07, 6.45) is 0.608. The summed E-state index contributed by atoms with van der Waals surface area (Å²) in [6, 6.07) is 3.28. The van der Waals surface area contributed by atoms with Crippen LogP contribution in [0, 0.1) is 0 Å². The molecule has 0 atom stereocenters. The molecule has 1 aromatic heterocycles. The van der Waals surface area contributed by atoms with Gasteiger partial charge in [-0.15, -0.1) is 11.8 Å². The Kier molecular flexibility index (Phi) is 5.88.